The number of ether oxygens (including phenoxy) is 2. The summed E-state index contributed by atoms with van der Waals surface area (Å²) in [6.45, 7) is 2.03. The second kappa shape index (κ2) is 6.88. The van der Waals surface area contributed by atoms with Gasteiger partial charge in [-0.15, -0.1) is 0 Å². The van der Waals surface area contributed by atoms with Crippen LogP contribution in [-0.2, 0) is 4.74 Å². The topological polar surface area (TPSA) is 118 Å². The fourth-order valence-electron chi connectivity index (χ4n) is 2.79. The van der Waals surface area contributed by atoms with Gasteiger partial charge in [-0.25, -0.2) is 14.8 Å². The van der Waals surface area contributed by atoms with Gasteiger partial charge in [-0.3, -0.25) is 5.10 Å². The van der Waals surface area contributed by atoms with Crippen LogP contribution in [0.4, 0.5) is 11.5 Å². The lowest BCUT2D eigenvalue weighted by Crippen LogP contribution is -2.05. The first-order valence-electron chi connectivity index (χ1n) is 8.09. The SMILES string of the molecule is CCOC(=O)c1[nH]c2ncnc(Nc3cc4cn[nH]c4cc3OC)c2c1Br. The molecule has 3 heterocycles. The van der Waals surface area contributed by atoms with E-state index >= 15 is 0 Å². The summed E-state index contributed by atoms with van der Waals surface area (Å²) in [5, 5.41) is 11.7. The molecule has 0 atom stereocenters. The van der Waals surface area contributed by atoms with Crippen molar-refractivity contribution in [2.75, 3.05) is 19.0 Å². The molecule has 4 aromatic rings. The van der Waals surface area contributed by atoms with Crippen LogP contribution in [-0.4, -0.2) is 44.8 Å². The maximum atomic E-state index is 12.1. The maximum absolute atomic E-state index is 12.1. The van der Waals surface area contributed by atoms with Crippen LogP contribution in [0, 0.1) is 0 Å². The number of nitrogens with one attached hydrogen (secondary N) is 3. The van der Waals surface area contributed by atoms with Gasteiger partial charge in [0.15, 0.2) is 0 Å². The molecule has 0 unspecified atom stereocenters. The molecule has 0 spiro atoms. The minimum absolute atomic E-state index is 0.277. The van der Waals surface area contributed by atoms with E-state index in [1.807, 2.05) is 12.1 Å². The normalized spacial score (nSPS) is 11.1. The number of carbonyl (C=O) groups is 1. The van der Waals surface area contributed by atoms with Gasteiger partial charge in [0.2, 0.25) is 0 Å². The van der Waals surface area contributed by atoms with Crippen molar-refractivity contribution in [2.24, 2.45) is 0 Å². The van der Waals surface area contributed by atoms with E-state index in [1.165, 1.54) is 6.33 Å². The van der Waals surface area contributed by atoms with E-state index < -0.39 is 5.97 Å². The minimum atomic E-state index is -0.467. The lowest BCUT2D eigenvalue weighted by molar-refractivity contribution is 0.0519. The van der Waals surface area contributed by atoms with Crippen molar-refractivity contribution in [3.8, 4) is 5.75 Å². The van der Waals surface area contributed by atoms with E-state index in [9.17, 15) is 4.79 Å². The first kappa shape index (κ1) is 17.3. The molecule has 0 bridgehead atoms. The van der Waals surface area contributed by atoms with Gasteiger partial charge in [0, 0.05) is 11.5 Å². The molecule has 0 amide bonds. The number of esters is 1. The summed E-state index contributed by atoms with van der Waals surface area (Å²) in [6.07, 6.45) is 3.13. The molecule has 27 heavy (non-hydrogen) atoms. The van der Waals surface area contributed by atoms with E-state index in [-0.39, 0.29) is 12.3 Å². The predicted octanol–water partition coefficient (Wildman–Crippen LogP) is 3.53. The number of hydrogen-bond donors (Lipinski definition) is 3. The van der Waals surface area contributed by atoms with Crippen LogP contribution in [0.3, 0.4) is 0 Å². The van der Waals surface area contributed by atoms with Crippen LogP contribution < -0.4 is 10.1 Å². The molecule has 4 rings (SSSR count). The molecule has 0 saturated carbocycles. The van der Waals surface area contributed by atoms with E-state index in [4.69, 9.17) is 9.47 Å². The van der Waals surface area contributed by atoms with E-state index in [0.29, 0.717) is 32.8 Å². The highest BCUT2D eigenvalue weighted by atomic mass is 79.9. The Hall–Kier alpha value is -3.14. The Morgan fingerprint density at radius 1 is 1.33 bits per heavy atom. The van der Waals surface area contributed by atoms with Crippen molar-refractivity contribution in [3.05, 3.63) is 34.8 Å². The van der Waals surface area contributed by atoms with E-state index in [1.54, 1.807) is 20.2 Å². The maximum Gasteiger partial charge on any atom is 0.355 e. The molecule has 0 aliphatic heterocycles. The van der Waals surface area contributed by atoms with Crippen LogP contribution >= 0.6 is 15.9 Å². The Kier molecular flexibility index (Phi) is 4.40. The summed E-state index contributed by atoms with van der Waals surface area (Å²) in [5.74, 6) is 0.668. The first-order valence-corrected chi connectivity index (χ1v) is 8.89. The first-order chi connectivity index (χ1) is 13.1. The molecule has 0 aliphatic rings. The van der Waals surface area contributed by atoms with Crippen molar-refractivity contribution in [3.63, 3.8) is 0 Å². The number of carbonyl (C=O) groups excluding carboxylic acids is 1. The molecular weight excluding hydrogens is 416 g/mol. The summed E-state index contributed by atoms with van der Waals surface area (Å²) in [7, 11) is 1.59. The minimum Gasteiger partial charge on any atom is -0.494 e. The molecule has 0 fully saturated rings. The van der Waals surface area contributed by atoms with Crippen LogP contribution in [0.5, 0.6) is 5.75 Å². The number of halogens is 1. The number of nitrogens with zero attached hydrogens (tertiary/aromatic N) is 3. The number of benzene rings is 1. The highest BCUT2D eigenvalue weighted by Gasteiger charge is 2.21. The zero-order valence-corrected chi connectivity index (χ0v) is 16.0. The van der Waals surface area contributed by atoms with Gasteiger partial charge in [-0.1, -0.05) is 0 Å². The average molecular weight is 431 g/mol. The predicted molar refractivity (Wildman–Crippen MR) is 103 cm³/mol. The highest BCUT2D eigenvalue weighted by Crippen LogP contribution is 2.36. The van der Waals surface area contributed by atoms with Crippen LogP contribution in [0.1, 0.15) is 17.4 Å². The third-order valence-corrected chi connectivity index (χ3v) is 4.82. The van der Waals surface area contributed by atoms with Gasteiger partial charge in [0.05, 0.1) is 41.0 Å². The van der Waals surface area contributed by atoms with Crippen molar-refractivity contribution in [2.45, 2.75) is 6.92 Å². The van der Waals surface area contributed by atoms with Crippen LogP contribution in [0.15, 0.2) is 29.1 Å². The number of hydrogen-bond acceptors (Lipinski definition) is 7. The zero-order chi connectivity index (χ0) is 19.0. The summed E-state index contributed by atoms with van der Waals surface area (Å²) < 4.78 is 11.1. The smallest absolute Gasteiger partial charge is 0.355 e. The molecule has 9 nitrogen and oxygen atoms in total. The standard InChI is InChI=1S/C17H15BrN6O3/c1-3-27-17(25)14-13(18)12-15(19-7-20-16(12)23-14)22-10-4-8-6-21-24-9(8)5-11(10)26-2/h4-7H,3H2,1-2H3,(H,21,24)(H2,19,20,22,23). The zero-order valence-electron chi connectivity index (χ0n) is 14.5. The Morgan fingerprint density at radius 3 is 2.96 bits per heavy atom. The Bertz CT molecular complexity index is 1150. The van der Waals surface area contributed by atoms with Crippen molar-refractivity contribution >= 4 is 55.3 Å². The molecule has 10 heteroatoms. The third kappa shape index (κ3) is 2.97. The molecule has 0 saturated heterocycles. The number of anilines is 2. The van der Waals surface area contributed by atoms with Gasteiger partial charge in [-0.05, 0) is 28.9 Å². The average Bonchev–Trinajstić information content (AvgIpc) is 3.25. The van der Waals surface area contributed by atoms with Crippen LogP contribution in [0.2, 0.25) is 0 Å². The molecule has 1 aromatic carbocycles. The van der Waals surface area contributed by atoms with Gasteiger partial charge in [-0.2, -0.15) is 5.10 Å². The number of aromatic nitrogens is 5. The highest BCUT2D eigenvalue weighted by molar-refractivity contribution is 9.10. The number of methoxy groups -OCH3 is 1. The summed E-state index contributed by atoms with van der Waals surface area (Å²) in [5.41, 5.74) is 2.35. The number of fused-ring (bicyclic) bond motifs is 2. The van der Waals surface area contributed by atoms with Crippen molar-refractivity contribution in [1.29, 1.82) is 0 Å². The van der Waals surface area contributed by atoms with E-state index in [2.05, 4.69) is 46.4 Å². The summed E-state index contributed by atoms with van der Waals surface area (Å²) in [6, 6.07) is 3.75. The largest absolute Gasteiger partial charge is 0.494 e. The Morgan fingerprint density at radius 2 is 2.19 bits per heavy atom. The molecule has 138 valence electrons. The molecule has 0 aliphatic carbocycles. The lowest BCUT2D eigenvalue weighted by atomic mass is 10.2. The lowest BCUT2D eigenvalue weighted by Gasteiger charge is -2.11. The van der Waals surface area contributed by atoms with Gasteiger partial charge in [0.1, 0.15) is 29.2 Å². The number of aromatic amines is 2. The third-order valence-electron chi connectivity index (χ3n) is 4.02. The molecule has 0 radical (unpaired) electrons. The van der Waals surface area contributed by atoms with Gasteiger partial charge >= 0.3 is 5.97 Å². The van der Waals surface area contributed by atoms with Crippen molar-refractivity contribution < 1.29 is 14.3 Å². The Labute approximate surface area is 161 Å². The van der Waals surface area contributed by atoms with Crippen molar-refractivity contribution in [1.82, 2.24) is 25.1 Å². The Balaban J connectivity index is 1.81. The fraction of sp³-hybridized carbons (Fsp3) is 0.176. The summed E-state index contributed by atoms with van der Waals surface area (Å²) in [4.78, 5) is 23.6. The summed E-state index contributed by atoms with van der Waals surface area (Å²) >= 11 is 3.46. The van der Waals surface area contributed by atoms with Gasteiger partial charge < -0.3 is 19.8 Å². The van der Waals surface area contributed by atoms with Crippen LogP contribution in [0.25, 0.3) is 21.9 Å². The molecular formula is C17H15BrN6O3. The second-order valence-electron chi connectivity index (χ2n) is 5.62. The fourth-order valence-corrected chi connectivity index (χ4v) is 3.43. The van der Waals surface area contributed by atoms with Gasteiger partial charge in [0.25, 0.3) is 0 Å². The number of rotatable bonds is 5. The number of H-pyrrole nitrogens is 2. The second-order valence-corrected chi connectivity index (χ2v) is 6.41. The molecule has 3 N–H and O–H groups in total. The quantitative estimate of drug-likeness (QED) is 0.414. The van der Waals surface area contributed by atoms with E-state index in [0.717, 1.165) is 10.9 Å². The molecule has 3 aromatic heterocycles. The monoisotopic (exact) mass is 430 g/mol.